The number of ether oxygens (including phenoxy) is 1. The monoisotopic (exact) mass is 213 g/mol. The lowest BCUT2D eigenvalue weighted by atomic mass is 10.3. The minimum Gasteiger partial charge on any atom is -0.389 e. The van der Waals surface area contributed by atoms with Crippen molar-refractivity contribution in [2.24, 2.45) is 0 Å². The van der Waals surface area contributed by atoms with Gasteiger partial charge in [0.25, 0.3) is 5.91 Å². The van der Waals surface area contributed by atoms with Crippen molar-refractivity contribution >= 4 is 22.4 Å². The van der Waals surface area contributed by atoms with E-state index in [1.807, 2.05) is 0 Å². The predicted molar refractivity (Wildman–Crippen MR) is 53.2 cm³/mol. The van der Waals surface area contributed by atoms with Crippen LogP contribution in [0.5, 0.6) is 0 Å². The van der Waals surface area contributed by atoms with E-state index in [2.05, 4.69) is 4.37 Å². The van der Waals surface area contributed by atoms with Crippen molar-refractivity contribution in [3.05, 3.63) is 11.8 Å². The lowest BCUT2D eigenvalue weighted by molar-refractivity contribution is 0.0303. The van der Waals surface area contributed by atoms with Gasteiger partial charge >= 0.3 is 0 Å². The molecule has 1 aromatic rings. The lowest BCUT2D eigenvalue weighted by Crippen LogP contribution is -2.40. The number of hydrogen-bond donors (Lipinski definition) is 1. The Hall–Kier alpha value is -1.14. The molecule has 5 nitrogen and oxygen atoms in total. The van der Waals surface area contributed by atoms with Gasteiger partial charge in [0, 0.05) is 13.1 Å². The number of anilines is 1. The molecule has 1 saturated heterocycles. The molecule has 0 spiro atoms. The molecule has 0 unspecified atom stereocenters. The van der Waals surface area contributed by atoms with Crippen molar-refractivity contribution in [1.29, 1.82) is 0 Å². The number of aromatic nitrogens is 1. The summed E-state index contributed by atoms with van der Waals surface area (Å²) in [6, 6.07) is 0. The number of nitrogen functional groups attached to an aromatic ring is 1. The minimum atomic E-state index is -0.0421. The van der Waals surface area contributed by atoms with E-state index in [1.165, 1.54) is 6.20 Å². The first-order valence-corrected chi connectivity index (χ1v) is 5.13. The van der Waals surface area contributed by atoms with E-state index in [-0.39, 0.29) is 5.91 Å². The van der Waals surface area contributed by atoms with E-state index in [0.29, 0.717) is 36.9 Å². The number of carbonyl (C=O) groups excluding carboxylic acids is 1. The summed E-state index contributed by atoms with van der Waals surface area (Å²) in [4.78, 5) is 13.6. The van der Waals surface area contributed by atoms with Gasteiger partial charge in [-0.25, -0.2) is 0 Å². The molecule has 76 valence electrons. The maximum Gasteiger partial charge on any atom is 0.258 e. The Bertz CT molecular complexity index is 333. The second-order valence-corrected chi connectivity index (χ2v) is 3.84. The van der Waals surface area contributed by atoms with Crippen molar-refractivity contribution in [2.75, 3.05) is 32.0 Å². The Balaban J connectivity index is 2.11. The van der Waals surface area contributed by atoms with Gasteiger partial charge in [-0.2, -0.15) is 4.37 Å². The normalized spacial score (nSPS) is 17.0. The van der Waals surface area contributed by atoms with Crippen LogP contribution in [0.25, 0.3) is 0 Å². The molecule has 1 fully saturated rings. The van der Waals surface area contributed by atoms with Crippen molar-refractivity contribution in [2.45, 2.75) is 0 Å². The van der Waals surface area contributed by atoms with E-state index in [1.54, 1.807) is 4.90 Å². The van der Waals surface area contributed by atoms with Crippen LogP contribution in [0, 0.1) is 0 Å². The molecule has 0 aromatic carbocycles. The first-order valence-electron chi connectivity index (χ1n) is 4.36. The molecule has 0 saturated carbocycles. The van der Waals surface area contributed by atoms with E-state index in [4.69, 9.17) is 10.5 Å². The highest BCUT2D eigenvalue weighted by Crippen LogP contribution is 2.18. The highest BCUT2D eigenvalue weighted by atomic mass is 32.1. The van der Waals surface area contributed by atoms with E-state index < -0.39 is 0 Å². The first-order chi connectivity index (χ1) is 6.79. The fraction of sp³-hybridized carbons (Fsp3) is 0.500. The van der Waals surface area contributed by atoms with Crippen LogP contribution < -0.4 is 5.73 Å². The van der Waals surface area contributed by atoms with Gasteiger partial charge in [0.05, 0.1) is 25.0 Å². The van der Waals surface area contributed by atoms with Crippen molar-refractivity contribution in [1.82, 2.24) is 9.27 Å². The number of hydrogen-bond acceptors (Lipinski definition) is 5. The molecule has 0 atom stereocenters. The molecule has 1 amide bonds. The summed E-state index contributed by atoms with van der Waals surface area (Å²) in [5, 5.41) is 0.487. The molecule has 0 bridgehead atoms. The number of morpholine rings is 1. The molecule has 0 radical (unpaired) electrons. The molecule has 6 heteroatoms. The molecule has 1 aliphatic heterocycles. The van der Waals surface area contributed by atoms with Crippen LogP contribution in [0.3, 0.4) is 0 Å². The van der Waals surface area contributed by atoms with Crippen LogP contribution in [0.15, 0.2) is 6.20 Å². The summed E-state index contributed by atoms with van der Waals surface area (Å²) in [5.41, 5.74) is 6.14. The van der Waals surface area contributed by atoms with Crippen LogP contribution in [-0.2, 0) is 4.74 Å². The lowest BCUT2D eigenvalue weighted by Gasteiger charge is -2.26. The molecular formula is C8H11N3O2S. The van der Waals surface area contributed by atoms with Crippen LogP contribution in [-0.4, -0.2) is 41.5 Å². The van der Waals surface area contributed by atoms with Crippen LogP contribution in [0.1, 0.15) is 10.4 Å². The summed E-state index contributed by atoms with van der Waals surface area (Å²) < 4.78 is 9.03. The van der Waals surface area contributed by atoms with E-state index >= 15 is 0 Å². The van der Waals surface area contributed by atoms with Gasteiger partial charge in [-0.1, -0.05) is 0 Å². The summed E-state index contributed by atoms with van der Waals surface area (Å²) in [7, 11) is 0. The molecule has 2 rings (SSSR count). The Kier molecular flexibility index (Phi) is 2.64. The highest BCUT2D eigenvalue weighted by Gasteiger charge is 2.21. The number of nitrogens with zero attached hydrogens (tertiary/aromatic N) is 2. The van der Waals surface area contributed by atoms with Gasteiger partial charge in [-0.15, -0.1) is 0 Å². The van der Waals surface area contributed by atoms with Gasteiger partial charge in [0.1, 0.15) is 5.00 Å². The Morgan fingerprint density at radius 3 is 2.86 bits per heavy atom. The number of nitrogens with two attached hydrogens (primary N) is 1. The highest BCUT2D eigenvalue weighted by molar-refractivity contribution is 7.10. The van der Waals surface area contributed by atoms with Crippen molar-refractivity contribution < 1.29 is 9.53 Å². The fourth-order valence-electron chi connectivity index (χ4n) is 1.35. The Labute approximate surface area is 85.6 Å². The summed E-state index contributed by atoms with van der Waals surface area (Å²) in [6.07, 6.45) is 1.53. The molecule has 2 heterocycles. The SMILES string of the molecule is Nc1sncc1C(=O)N1CCOCC1. The largest absolute Gasteiger partial charge is 0.389 e. The van der Waals surface area contributed by atoms with Gasteiger partial charge in [-0.05, 0) is 11.5 Å². The van der Waals surface area contributed by atoms with Gasteiger partial charge in [0.15, 0.2) is 0 Å². The molecule has 1 aliphatic rings. The molecule has 0 aliphatic carbocycles. The summed E-state index contributed by atoms with van der Waals surface area (Å²) in [6.45, 7) is 2.47. The minimum absolute atomic E-state index is 0.0421. The smallest absolute Gasteiger partial charge is 0.258 e. The van der Waals surface area contributed by atoms with Gasteiger partial charge in [-0.3, -0.25) is 4.79 Å². The Morgan fingerprint density at radius 1 is 1.57 bits per heavy atom. The number of amides is 1. The second-order valence-electron chi connectivity index (χ2n) is 3.01. The molecule has 14 heavy (non-hydrogen) atoms. The molecular weight excluding hydrogens is 202 g/mol. The fourth-order valence-corrected chi connectivity index (χ4v) is 1.86. The van der Waals surface area contributed by atoms with E-state index in [9.17, 15) is 4.79 Å². The predicted octanol–water partition coefficient (Wildman–Crippen LogP) is 0.198. The zero-order valence-corrected chi connectivity index (χ0v) is 8.42. The van der Waals surface area contributed by atoms with Gasteiger partial charge in [0.2, 0.25) is 0 Å². The zero-order chi connectivity index (χ0) is 9.97. The average Bonchev–Trinajstić information content (AvgIpc) is 2.65. The average molecular weight is 213 g/mol. The topological polar surface area (TPSA) is 68.5 Å². The number of rotatable bonds is 1. The van der Waals surface area contributed by atoms with Crippen LogP contribution in [0.4, 0.5) is 5.00 Å². The van der Waals surface area contributed by atoms with Crippen molar-refractivity contribution in [3.8, 4) is 0 Å². The van der Waals surface area contributed by atoms with Crippen LogP contribution in [0.2, 0.25) is 0 Å². The maximum atomic E-state index is 11.8. The third-order valence-electron chi connectivity index (χ3n) is 2.13. The third kappa shape index (κ3) is 1.71. The molecule has 2 N–H and O–H groups in total. The molecule has 1 aromatic heterocycles. The van der Waals surface area contributed by atoms with Crippen LogP contribution >= 0.6 is 11.5 Å². The van der Waals surface area contributed by atoms with Gasteiger partial charge < -0.3 is 15.4 Å². The van der Waals surface area contributed by atoms with Crippen molar-refractivity contribution in [3.63, 3.8) is 0 Å². The summed E-state index contributed by atoms with van der Waals surface area (Å²) >= 11 is 1.15. The standard InChI is InChI=1S/C8H11N3O2S/c9-7-6(5-10-14-7)8(12)11-1-3-13-4-2-11/h5H,1-4,9H2. The number of carbonyl (C=O) groups is 1. The first kappa shape index (κ1) is 9.42. The second kappa shape index (κ2) is 3.93. The maximum absolute atomic E-state index is 11.8. The quantitative estimate of drug-likeness (QED) is 0.723. The third-order valence-corrected chi connectivity index (χ3v) is 2.75. The van der Waals surface area contributed by atoms with E-state index in [0.717, 1.165) is 11.5 Å². The Morgan fingerprint density at radius 2 is 2.29 bits per heavy atom. The summed E-state index contributed by atoms with van der Waals surface area (Å²) in [5.74, 6) is -0.0421. The zero-order valence-electron chi connectivity index (χ0n) is 7.60.